The van der Waals surface area contributed by atoms with Crippen molar-refractivity contribution in [2.24, 2.45) is 5.92 Å². The van der Waals surface area contributed by atoms with E-state index in [0.29, 0.717) is 6.79 Å². The van der Waals surface area contributed by atoms with Crippen LogP contribution < -0.4 is 9.47 Å². The standard InChI is InChI=1S/C17H20N2O2S/c1-2-16-17(21-12-20-16)8-14(1)7-13-3-5-19(6-4-13)10-15-9-18-11-22-15/h1-2,8-9,11,13H,3-7,10,12H2. The predicted octanol–water partition coefficient (Wildman–Crippen LogP) is 3.33. The summed E-state index contributed by atoms with van der Waals surface area (Å²) in [4.78, 5) is 8.07. The van der Waals surface area contributed by atoms with Crippen molar-refractivity contribution in [3.8, 4) is 11.5 Å². The van der Waals surface area contributed by atoms with Crippen LogP contribution in [0.2, 0.25) is 0 Å². The Kier molecular flexibility index (Phi) is 3.99. The van der Waals surface area contributed by atoms with Gasteiger partial charge in [-0.25, -0.2) is 0 Å². The summed E-state index contributed by atoms with van der Waals surface area (Å²) in [6.07, 6.45) is 5.68. The van der Waals surface area contributed by atoms with E-state index >= 15 is 0 Å². The van der Waals surface area contributed by atoms with Gasteiger partial charge in [0.2, 0.25) is 6.79 Å². The summed E-state index contributed by atoms with van der Waals surface area (Å²) in [6.45, 7) is 3.79. The predicted molar refractivity (Wildman–Crippen MR) is 86.4 cm³/mol. The monoisotopic (exact) mass is 316 g/mol. The summed E-state index contributed by atoms with van der Waals surface area (Å²) in [6, 6.07) is 6.36. The zero-order valence-electron chi connectivity index (χ0n) is 12.5. The summed E-state index contributed by atoms with van der Waals surface area (Å²) in [5.41, 5.74) is 3.28. The molecule has 2 aliphatic rings. The molecule has 4 rings (SSSR count). The zero-order valence-corrected chi connectivity index (χ0v) is 13.3. The fourth-order valence-corrected chi connectivity index (χ4v) is 3.93. The van der Waals surface area contributed by atoms with Crippen LogP contribution in [-0.2, 0) is 13.0 Å². The molecule has 2 aromatic rings. The van der Waals surface area contributed by atoms with E-state index in [1.165, 1.54) is 36.4 Å². The largest absolute Gasteiger partial charge is 0.454 e. The van der Waals surface area contributed by atoms with Gasteiger partial charge in [-0.1, -0.05) is 6.07 Å². The van der Waals surface area contributed by atoms with Crippen LogP contribution in [0.15, 0.2) is 29.9 Å². The van der Waals surface area contributed by atoms with Crippen molar-refractivity contribution in [1.29, 1.82) is 0 Å². The first-order valence-corrected chi connectivity index (χ1v) is 8.73. The van der Waals surface area contributed by atoms with Gasteiger partial charge in [0.05, 0.1) is 5.51 Å². The lowest BCUT2D eigenvalue weighted by atomic mass is 9.90. The molecule has 4 nitrogen and oxygen atoms in total. The Balaban J connectivity index is 1.30. The molecule has 2 aliphatic heterocycles. The molecule has 5 heteroatoms. The van der Waals surface area contributed by atoms with Crippen molar-refractivity contribution >= 4 is 11.3 Å². The molecule has 3 heterocycles. The number of fused-ring (bicyclic) bond motifs is 1. The fourth-order valence-electron chi connectivity index (χ4n) is 3.29. The number of nitrogens with zero attached hydrogens (tertiary/aromatic N) is 2. The molecule has 0 bridgehead atoms. The van der Waals surface area contributed by atoms with Crippen molar-refractivity contribution < 1.29 is 9.47 Å². The van der Waals surface area contributed by atoms with E-state index in [-0.39, 0.29) is 0 Å². The van der Waals surface area contributed by atoms with Gasteiger partial charge in [-0.3, -0.25) is 9.88 Å². The summed E-state index contributed by atoms with van der Waals surface area (Å²) in [5, 5.41) is 0. The van der Waals surface area contributed by atoms with Crippen LogP contribution in [0.25, 0.3) is 0 Å². The third kappa shape index (κ3) is 3.10. The number of hydrogen-bond donors (Lipinski definition) is 0. The minimum atomic E-state index is 0.356. The summed E-state index contributed by atoms with van der Waals surface area (Å²) < 4.78 is 10.8. The van der Waals surface area contributed by atoms with Gasteiger partial charge >= 0.3 is 0 Å². The smallest absolute Gasteiger partial charge is 0.231 e. The van der Waals surface area contributed by atoms with Crippen LogP contribution in [0, 0.1) is 5.92 Å². The minimum absolute atomic E-state index is 0.356. The average Bonchev–Trinajstić information content (AvgIpc) is 3.20. The molecule has 22 heavy (non-hydrogen) atoms. The van der Waals surface area contributed by atoms with E-state index in [1.54, 1.807) is 11.3 Å². The number of ether oxygens (including phenoxy) is 2. The van der Waals surface area contributed by atoms with Gasteiger partial charge in [0.1, 0.15) is 0 Å². The molecule has 0 radical (unpaired) electrons. The number of rotatable bonds is 4. The molecule has 0 unspecified atom stereocenters. The van der Waals surface area contributed by atoms with Crippen LogP contribution >= 0.6 is 11.3 Å². The van der Waals surface area contributed by atoms with Gasteiger partial charge in [-0.2, -0.15) is 0 Å². The number of aromatic nitrogens is 1. The number of thiazole rings is 1. The first-order valence-electron chi connectivity index (χ1n) is 7.85. The number of hydrogen-bond acceptors (Lipinski definition) is 5. The average molecular weight is 316 g/mol. The molecule has 0 spiro atoms. The van der Waals surface area contributed by atoms with Crippen molar-refractivity contribution in [2.45, 2.75) is 25.8 Å². The highest BCUT2D eigenvalue weighted by molar-refractivity contribution is 7.09. The topological polar surface area (TPSA) is 34.6 Å². The summed E-state index contributed by atoms with van der Waals surface area (Å²) in [7, 11) is 0. The van der Waals surface area contributed by atoms with Crippen molar-refractivity contribution in [2.75, 3.05) is 19.9 Å². The number of benzene rings is 1. The molecule has 0 saturated carbocycles. The van der Waals surface area contributed by atoms with Gasteiger partial charge in [-0.05, 0) is 56.0 Å². The van der Waals surface area contributed by atoms with Crippen molar-refractivity contribution in [3.05, 3.63) is 40.3 Å². The molecule has 1 aromatic carbocycles. The third-order valence-electron chi connectivity index (χ3n) is 4.53. The molecule has 1 saturated heterocycles. The van der Waals surface area contributed by atoms with E-state index in [0.717, 1.165) is 30.4 Å². The van der Waals surface area contributed by atoms with E-state index in [1.807, 2.05) is 17.8 Å². The Bertz CT molecular complexity index is 622. The second-order valence-electron chi connectivity index (χ2n) is 6.08. The van der Waals surface area contributed by atoms with Crippen molar-refractivity contribution in [1.82, 2.24) is 9.88 Å². The van der Waals surface area contributed by atoms with Gasteiger partial charge in [0, 0.05) is 17.6 Å². The highest BCUT2D eigenvalue weighted by Crippen LogP contribution is 2.34. The van der Waals surface area contributed by atoms with Crippen LogP contribution in [0.5, 0.6) is 11.5 Å². The van der Waals surface area contributed by atoms with Crippen molar-refractivity contribution in [3.63, 3.8) is 0 Å². The molecule has 0 aliphatic carbocycles. The molecule has 0 N–H and O–H groups in total. The Hall–Kier alpha value is -1.59. The lowest BCUT2D eigenvalue weighted by Crippen LogP contribution is -2.33. The van der Waals surface area contributed by atoms with Crippen LogP contribution in [0.1, 0.15) is 23.3 Å². The quantitative estimate of drug-likeness (QED) is 0.866. The molecule has 0 atom stereocenters. The lowest BCUT2D eigenvalue weighted by Gasteiger charge is -2.31. The maximum Gasteiger partial charge on any atom is 0.231 e. The molecular formula is C17H20N2O2S. The summed E-state index contributed by atoms with van der Waals surface area (Å²) in [5.74, 6) is 2.56. The van der Waals surface area contributed by atoms with E-state index in [2.05, 4.69) is 22.0 Å². The Morgan fingerprint density at radius 3 is 2.86 bits per heavy atom. The van der Waals surface area contributed by atoms with Crippen LogP contribution in [0.3, 0.4) is 0 Å². The molecular weight excluding hydrogens is 296 g/mol. The van der Waals surface area contributed by atoms with Gasteiger partial charge in [0.25, 0.3) is 0 Å². The summed E-state index contributed by atoms with van der Waals surface area (Å²) >= 11 is 1.75. The maximum atomic E-state index is 5.47. The normalized spacial score (nSPS) is 18.7. The molecule has 116 valence electrons. The Morgan fingerprint density at radius 1 is 1.18 bits per heavy atom. The second kappa shape index (κ2) is 6.26. The first-order chi connectivity index (χ1) is 10.9. The maximum absolute atomic E-state index is 5.47. The lowest BCUT2D eigenvalue weighted by molar-refractivity contribution is 0.173. The van der Waals surface area contributed by atoms with Gasteiger partial charge in [-0.15, -0.1) is 11.3 Å². The third-order valence-corrected chi connectivity index (χ3v) is 5.30. The fraction of sp³-hybridized carbons (Fsp3) is 0.471. The minimum Gasteiger partial charge on any atom is -0.454 e. The van der Waals surface area contributed by atoms with Gasteiger partial charge in [0.15, 0.2) is 11.5 Å². The molecule has 1 fully saturated rings. The molecule has 0 amide bonds. The second-order valence-corrected chi connectivity index (χ2v) is 7.05. The van der Waals surface area contributed by atoms with Crippen LogP contribution in [-0.4, -0.2) is 29.8 Å². The highest BCUT2D eigenvalue weighted by atomic mass is 32.1. The number of piperidine rings is 1. The van der Waals surface area contributed by atoms with E-state index < -0.39 is 0 Å². The van der Waals surface area contributed by atoms with Crippen LogP contribution in [0.4, 0.5) is 0 Å². The highest BCUT2D eigenvalue weighted by Gasteiger charge is 2.21. The molecule has 1 aromatic heterocycles. The Morgan fingerprint density at radius 2 is 2.05 bits per heavy atom. The zero-order chi connectivity index (χ0) is 14.8. The first kappa shape index (κ1) is 14.0. The van der Waals surface area contributed by atoms with E-state index in [9.17, 15) is 0 Å². The SMILES string of the molecule is c1ncc(CN2CCC(Cc3ccc4c(c3)OCO4)CC2)s1. The number of likely N-dealkylation sites (tertiary alicyclic amines) is 1. The Labute approximate surface area is 134 Å². The van der Waals surface area contributed by atoms with E-state index in [4.69, 9.17) is 9.47 Å². The van der Waals surface area contributed by atoms with Gasteiger partial charge < -0.3 is 9.47 Å².